The van der Waals surface area contributed by atoms with Crippen molar-refractivity contribution in [3.63, 3.8) is 0 Å². The van der Waals surface area contributed by atoms with E-state index in [-0.39, 0.29) is 5.82 Å². The fourth-order valence-corrected chi connectivity index (χ4v) is 3.46. The molecule has 0 radical (unpaired) electrons. The molecule has 1 aromatic carbocycles. The molecule has 82 valence electrons. The number of halogens is 1. The molecule has 2 unspecified atom stereocenters. The summed E-state index contributed by atoms with van der Waals surface area (Å²) in [6.07, 6.45) is 1.11. The van der Waals surface area contributed by atoms with E-state index in [4.69, 9.17) is 0 Å². The minimum atomic E-state index is -0.131. The zero-order chi connectivity index (χ0) is 10.8. The summed E-state index contributed by atoms with van der Waals surface area (Å²) in [5.41, 5.74) is 1.26. The van der Waals surface area contributed by atoms with Gasteiger partial charge >= 0.3 is 0 Å². The third-order valence-corrected chi connectivity index (χ3v) is 4.30. The Balaban J connectivity index is 2.31. The van der Waals surface area contributed by atoms with Crippen molar-refractivity contribution in [2.75, 3.05) is 6.54 Å². The van der Waals surface area contributed by atoms with E-state index in [0.717, 1.165) is 17.9 Å². The van der Waals surface area contributed by atoms with Crippen LogP contribution in [0.4, 0.5) is 4.39 Å². The quantitative estimate of drug-likeness (QED) is 0.846. The highest BCUT2D eigenvalue weighted by Gasteiger charge is 2.31. The van der Waals surface area contributed by atoms with Crippen LogP contribution in [0.1, 0.15) is 31.9 Å². The number of hydrogen-bond acceptors (Lipinski definition) is 2. The van der Waals surface area contributed by atoms with Crippen molar-refractivity contribution < 1.29 is 4.39 Å². The summed E-state index contributed by atoms with van der Waals surface area (Å²) in [4.78, 5) is 1.10. The lowest BCUT2D eigenvalue weighted by molar-refractivity contribution is 0.525. The second-order valence-corrected chi connectivity index (χ2v) is 5.06. The largest absolute Gasteiger partial charge is 0.309 e. The summed E-state index contributed by atoms with van der Waals surface area (Å²) >= 11 is 1.80. The van der Waals surface area contributed by atoms with Crippen molar-refractivity contribution in [2.24, 2.45) is 0 Å². The molecule has 3 heteroatoms. The normalized spacial score (nSPS) is 24.2. The maximum Gasteiger partial charge on any atom is 0.124 e. The highest BCUT2D eigenvalue weighted by molar-refractivity contribution is 8.00. The van der Waals surface area contributed by atoms with Crippen LogP contribution in [0, 0.1) is 5.82 Å². The number of rotatable bonds is 3. The molecule has 0 aliphatic carbocycles. The monoisotopic (exact) mass is 225 g/mol. The minimum absolute atomic E-state index is 0.131. The first-order valence-electron chi connectivity index (χ1n) is 5.45. The Bertz CT molecular complexity index is 353. The Morgan fingerprint density at radius 3 is 2.87 bits per heavy atom. The van der Waals surface area contributed by atoms with Crippen LogP contribution < -0.4 is 5.32 Å². The van der Waals surface area contributed by atoms with Crippen molar-refractivity contribution in [3.05, 3.63) is 29.6 Å². The lowest BCUT2D eigenvalue weighted by Gasteiger charge is -2.18. The van der Waals surface area contributed by atoms with Crippen LogP contribution in [-0.2, 0) is 0 Å². The average molecular weight is 225 g/mol. The Hall–Kier alpha value is -0.540. The zero-order valence-corrected chi connectivity index (χ0v) is 9.90. The Morgan fingerprint density at radius 1 is 1.40 bits per heavy atom. The molecule has 0 amide bonds. The Labute approximate surface area is 94.5 Å². The molecule has 1 aromatic rings. The van der Waals surface area contributed by atoms with Gasteiger partial charge in [0.25, 0.3) is 0 Å². The molecule has 15 heavy (non-hydrogen) atoms. The van der Waals surface area contributed by atoms with E-state index in [0.29, 0.717) is 11.3 Å². The van der Waals surface area contributed by atoms with Crippen molar-refractivity contribution in [1.29, 1.82) is 0 Å². The highest BCUT2D eigenvalue weighted by Crippen LogP contribution is 2.45. The van der Waals surface area contributed by atoms with E-state index in [1.165, 1.54) is 5.56 Å². The van der Waals surface area contributed by atoms with Crippen LogP contribution in [0.25, 0.3) is 0 Å². The van der Waals surface area contributed by atoms with Gasteiger partial charge in [-0.3, -0.25) is 0 Å². The van der Waals surface area contributed by atoms with Crippen molar-refractivity contribution in [2.45, 2.75) is 36.5 Å². The smallest absolute Gasteiger partial charge is 0.124 e. The molecule has 0 saturated heterocycles. The second-order valence-electron chi connectivity index (χ2n) is 3.78. The summed E-state index contributed by atoms with van der Waals surface area (Å²) in [5.74, 6) is -0.131. The van der Waals surface area contributed by atoms with Gasteiger partial charge in [-0.1, -0.05) is 19.9 Å². The van der Waals surface area contributed by atoms with Gasteiger partial charge < -0.3 is 5.32 Å². The standard InChI is InChI=1S/C12H16FNS/c1-3-10-12(14-4-2)9-6-5-8(13)7-11(9)15-10/h5-7,10,12,14H,3-4H2,1-2H3. The molecule has 0 fully saturated rings. The van der Waals surface area contributed by atoms with Crippen LogP contribution in [0.5, 0.6) is 0 Å². The van der Waals surface area contributed by atoms with Crippen LogP contribution >= 0.6 is 11.8 Å². The predicted octanol–water partition coefficient (Wildman–Crippen LogP) is 3.36. The van der Waals surface area contributed by atoms with E-state index < -0.39 is 0 Å². The molecule has 1 heterocycles. The molecule has 2 rings (SSSR count). The van der Waals surface area contributed by atoms with Gasteiger partial charge in [0.2, 0.25) is 0 Å². The van der Waals surface area contributed by atoms with Gasteiger partial charge in [0.15, 0.2) is 0 Å². The summed E-state index contributed by atoms with van der Waals surface area (Å²) in [6.45, 7) is 5.25. The van der Waals surface area contributed by atoms with E-state index >= 15 is 0 Å². The summed E-state index contributed by atoms with van der Waals surface area (Å²) in [5, 5.41) is 4.02. The minimum Gasteiger partial charge on any atom is -0.309 e. The molecule has 0 saturated carbocycles. The predicted molar refractivity (Wildman–Crippen MR) is 62.8 cm³/mol. The van der Waals surface area contributed by atoms with Gasteiger partial charge in [0, 0.05) is 16.2 Å². The summed E-state index contributed by atoms with van der Waals surface area (Å²) < 4.78 is 13.1. The van der Waals surface area contributed by atoms with Crippen molar-refractivity contribution >= 4 is 11.8 Å². The maximum absolute atomic E-state index is 13.1. The second kappa shape index (κ2) is 4.54. The summed E-state index contributed by atoms with van der Waals surface area (Å²) in [6, 6.07) is 5.52. The first kappa shape index (κ1) is 11.0. The Morgan fingerprint density at radius 2 is 2.20 bits per heavy atom. The lowest BCUT2D eigenvalue weighted by atomic mass is 10.0. The molecule has 0 spiro atoms. The van der Waals surface area contributed by atoms with Crippen LogP contribution in [-0.4, -0.2) is 11.8 Å². The fraction of sp³-hybridized carbons (Fsp3) is 0.500. The van der Waals surface area contributed by atoms with Crippen LogP contribution in [0.2, 0.25) is 0 Å². The van der Waals surface area contributed by atoms with E-state index in [2.05, 4.69) is 19.2 Å². The number of thioether (sulfide) groups is 1. The molecule has 1 nitrogen and oxygen atoms in total. The lowest BCUT2D eigenvalue weighted by Crippen LogP contribution is -2.26. The average Bonchev–Trinajstić information content (AvgIpc) is 2.56. The molecular weight excluding hydrogens is 209 g/mol. The third kappa shape index (κ3) is 2.04. The van der Waals surface area contributed by atoms with Gasteiger partial charge in [-0.15, -0.1) is 11.8 Å². The number of nitrogens with one attached hydrogen (secondary N) is 1. The maximum atomic E-state index is 13.1. The summed E-state index contributed by atoms with van der Waals surface area (Å²) in [7, 11) is 0. The van der Waals surface area contributed by atoms with E-state index in [1.54, 1.807) is 23.9 Å². The first-order valence-corrected chi connectivity index (χ1v) is 6.33. The molecule has 2 atom stereocenters. The van der Waals surface area contributed by atoms with Crippen LogP contribution in [0.3, 0.4) is 0 Å². The van der Waals surface area contributed by atoms with E-state index in [1.807, 2.05) is 6.07 Å². The SMILES string of the molecule is CCNC1c2ccc(F)cc2SC1CC. The van der Waals surface area contributed by atoms with Crippen LogP contribution in [0.15, 0.2) is 23.1 Å². The van der Waals surface area contributed by atoms with Gasteiger partial charge in [0.1, 0.15) is 5.82 Å². The molecular formula is C12H16FNS. The highest BCUT2D eigenvalue weighted by atomic mass is 32.2. The van der Waals surface area contributed by atoms with Gasteiger partial charge in [0.05, 0.1) is 0 Å². The fourth-order valence-electron chi connectivity index (χ4n) is 2.08. The molecule has 1 aliphatic heterocycles. The van der Waals surface area contributed by atoms with E-state index in [9.17, 15) is 4.39 Å². The zero-order valence-electron chi connectivity index (χ0n) is 9.09. The first-order chi connectivity index (χ1) is 7.26. The van der Waals surface area contributed by atoms with Crippen molar-refractivity contribution in [3.8, 4) is 0 Å². The Kier molecular flexibility index (Phi) is 3.32. The van der Waals surface area contributed by atoms with Gasteiger partial charge in [-0.25, -0.2) is 4.39 Å². The van der Waals surface area contributed by atoms with Crippen molar-refractivity contribution in [1.82, 2.24) is 5.32 Å². The molecule has 0 aromatic heterocycles. The molecule has 1 aliphatic rings. The topological polar surface area (TPSA) is 12.0 Å². The molecule has 0 bridgehead atoms. The number of hydrogen-bond donors (Lipinski definition) is 1. The van der Waals surface area contributed by atoms with Gasteiger partial charge in [-0.2, -0.15) is 0 Å². The number of benzene rings is 1. The number of fused-ring (bicyclic) bond motifs is 1. The molecule has 1 N–H and O–H groups in total. The van der Waals surface area contributed by atoms with Gasteiger partial charge in [-0.05, 0) is 30.7 Å². The third-order valence-electron chi connectivity index (χ3n) is 2.79.